The van der Waals surface area contributed by atoms with Gasteiger partial charge in [0.15, 0.2) is 0 Å². The average Bonchev–Trinajstić information content (AvgIpc) is 2.77. The van der Waals surface area contributed by atoms with E-state index < -0.39 is 0 Å². The number of halogens is 2. The minimum Gasteiger partial charge on any atom is -0.396 e. The minimum absolute atomic E-state index is 0.122. The van der Waals surface area contributed by atoms with E-state index in [9.17, 15) is 0 Å². The molecule has 2 rings (SSSR count). The molecule has 1 aromatic rings. The van der Waals surface area contributed by atoms with Crippen LogP contribution in [0.3, 0.4) is 0 Å². The molecule has 1 atom stereocenters. The van der Waals surface area contributed by atoms with Crippen LogP contribution < -0.4 is 5.32 Å². The summed E-state index contributed by atoms with van der Waals surface area (Å²) in [6, 6.07) is 1.65. The predicted molar refractivity (Wildman–Crippen MR) is 72.7 cm³/mol. The molecule has 0 aromatic heterocycles. The minimum atomic E-state index is 0.122. The second-order valence-corrected chi connectivity index (χ2v) is 5.19. The first-order chi connectivity index (χ1) is 8.13. The van der Waals surface area contributed by atoms with E-state index in [1.807, 2.05) is 6.92 Å². The summed E-state index contributed by atoms with van der Waals surface area (Å²) in [5, 5.41) is 13.2. The number of hydrogen-bond acceptors (Lipinski definition) is 4. The van der Waals surface area contributed by atoms with Crippen LogP contribution >= 0.6 is 23.2 Å². The van der Waals surface area contributed by atoms with Crippen molar-refractivity contribution in [1.82, 2.24) is 0 Å². The molecule has 0 saturated heterocycles. The van der Waals surface area contributed by atoms with E-state index in [4.69, 9.17) is 28.3 Å². The van der Waals surface area contributed by atoms with Crippen LogP contribution in [0.15, 0.2) is 14.8 Å². The smallest absolute Gasteiger partial charge is 0.130 e. The van der Waals surface area contributed by atoms with Crippen molar-refractivity contribution in [3.8, 4) is 0 Å². The van der Waals surface area contributed by atoms with Crippen LogP contribution in [0.1, 0.15) is 6.92 Å². The molecule has 7 heteroatoms. The summed E-state index contributed by atoms with van der Waals surface area (Å²) in [5.74, 6) is 0.142. The number of aliphatic hydroxyl groups is 1. The molecule has 1 aromatic carbocycles. The van der Waals surface area contributed by atoms with Gasteiger partial charge in [-0.1, -0.05) is 30.1 Å². The van der Waals surface area contributed by atoms with Crippen molar-refractivity contribution in [3.05, 3.63) is 16.1 Å². The first-order valence-electron chi connectivity index (χ1n) is 5.08. The van der Waals surface area contributed by atoms with Gasteiger partial charge >= 0.3 is 0 Å². The van der Waals surface area contributed by atoms with Crippen LogP contribution in [0.4, 0.5) is 17.1 Å². The molecule has 0 fully saturated rings. The Hall–Kier alpha value is -0.620. The van der Waals surface area contributed by atoms with Gasteiger partial charge in [-0.05, 0) is 12.0 Å². The highest BCUT2D eigenvalue weighted by Crippen LogP contribution is 2.47. The van der Waals surface area contributed by atoms with Crippen molar-refractivity contribution >= 4 is 51.6 Å². The van der Waals surface area contributed by atoms with Gasteiger partial charge in [-0.15, -0.1) is 0 Å². The summed E-state index contributed by atoms with van der Waals surface area (Å²) in [6.45, 7) is 2.68. The normalized spacial score (nSPS) is 14.4. The largest absolute Gasteiger partial charge is 0.396 e. The number of anilines is 1. The Balaban J connectivity index is 2.29. The Morgan fingerprint density at radius 2 is 2.06 bits per heavy atom. The molecule has 1 aliphatic rings. The molecule has 0 saturated carbocycles. The highest BCUT2D eigenvalue weighted by Gasteiger charge is 2.18. The Labute approximate surface area is 113 Å². The molecular weight excluding hydrogens is 281 g/mol. The van der Waals surface area contributed by atoms with Crippen LogP contribution in [0.2, 0.25) is 10.0 Å². The van der Waals surface area contributed by atoms with Crippen molar-refractivity contribution in [3.63, 3.8) is 0 Å². The summed E-state index contributed by atoms with van der Waals surface area (Å²) in [5.41, 5.74) is 2.05. The van der Waals surface area contributed by atoms with Crippen LogP contribution in [-0.4, -0.2) is 18.3 Å². The van der Waals surface area contributed by atoms with Gasteiger partial charge in [0.2, 0.25) is 0 Å². The number of hydrogen-bond donors (Lipinski definition) is 2. The summed E-state index contributed by atoms with van der Waals surface area (Å²) < 4.78 is 8.30. The summed E-state index contributed by atoms with van der Waals surface area (Å²) in [7, 11) is 0. The van der Waals surface area contributed by atoms with Crippen LogP contribution in [0, 0.1) is 5.92 Å². The quantitative estimate of drug-likeness (QED) is 0.901. The lowest BCUT2D eigenvalue weighted by molar-refractivity contribution is 0.244. The van der Waals surface area contributed by atoms with Gasteiger partial charge in [0.25, 0.3) is 0 Å². The van der Waals surface area contributed by atoms with E-state index >= 15 is 0 Å². The molecule has 4 nitrogen and oxygen atoms in total. The third kappa shape index (κ3) is 2.63. The lowest BCUT2D eigenvalue weighted by Gasteiger charge is -2.14. The molecule has 0 radical (unpaired) electrons. The molecule has 1 unspecified atom stereocenters. The van der Waals surface area contributed by atoms with E-state index in [1.54, 1.807) is 6.07 Å². The molecular formula is C10H11Cl2N3OS. The summed E-state index contributed by atoms with van der Waals surface area (Å²) >= 11 is 13.2. The van der Waals surface area contributed by atoms with E-state index in [0.29, 0.717) is 28.0 Å². The second kappa shape index (κ2) is 5.35. The average molecular weight is 292 g/mol. The van der Waals surface area contributed by atoms with E-state index in [0.717, 1.165) is 17.0 Å². The number of aliphatic hydroxyl groups excluding tert-OH is 1. The maximum atomic E-state index is 8.98. The monoisotopic (exact) mass is 291 g/mol. The maximum absolute atomic E-state index is 8.98. The fraction of sp³-hybridized carbons (Fsp3) is 0.400. The maximum Gasteiger partial charge on any atom is 0.130 e. The zero-order valence-corrected chi connectivity index (χ0v) is 11.4. The topological polar surface area (TPSA) is 57.0 Å². The van der Waals surface area contributed by atoms with E-state index in [1.165, 1.54) is 0 Å². The van der Waals surface area contributed by atoms with Crippen LogP contribution in [0.5, 0.6) is 0 Å². The highest BCUT2D eigenvalue weighted by atomic mass is 35.5. The molecule has 17 heavy (non-hydrogen) atoms. The first kappa shape index (κ1) is 12.8. The number of nitrogens with zero attached hydrogens (tertiary/aromatic N) is 2. The Morgan fingerprint density at radius 1 is 1.35 bits per heavy atom. The van der Waals surface area contributed by atoms with Gasteiger partial charge in [0.1, 0.15) is 11.4 Å². The van der Waals surface area contributed by atoms with Crippen LogP contribution in [-0.2, 0) is 11.4 Å². The molecule has 1 aliphatic heterocycles. The van der Waals surface area contributed by atoms with Crippen molar-refractivity contribution in [1.29, 1.82) is 0 Å². The van der Waals surface area contributed by atoms with Crippen molar-refractivity contribution in [2.75, 3.05) is 18.5 Å². The van der Waals surface area contributed by atoms with E-state index in [-0.39, 0.29) is 12.5 Å². The van der Waals surface area contributed by atoms with Crippen LogP contribution in [0.25, 0.3) is 0 Å². The molecule has 1 heterocycles. The van der Waals surface area contributed by atoms with Crippen molar-refractivity contribution < 1.29 is 5.11 Å². The van der Waals surface area contributed by atoms with Gasteiger partial charge in [0.05, 0.1) is 27.1 Å². The molecule has 2 N–H and O–H groups in total. The van der Waals surface area contributed by atoms with Gasteiger partial charge < -0.3 is 10.4 Å². The standard InChI is InChI=1S/C10H11Cl2N3OS/c1-5(4-16)3-13-8-6(11)2-7(12)9-10(8)15-17-14-9/h2,5,13,16H,3-4H2,1H3. The molecule has 92 valence electrons. The molecule has 0 spiro atoms. The molecule has 0 amide bonds. The van der Waals surface area contributed by atoms with Gasteiger partial charge in [-0.25, -0.2) is 0 Å². The zero-order valence-electron chi connectivity index (χ0n) is 9.07. The predicted octanol–water partition coefficient (Wildman–Crippen LogP) is 3.76. The third-order valence-corrected chi connectivity index (χ3v) is 3.50. The lowest BCUT2D eigenvalue weighted by Crippen LogP contribution is -2.14. The Kier molecular flexibility index (Phi) is 4.04. The third-order valence-electron chi connectivity index (χ3n) is 2.38. The Bertz CT molecular complexity index is 515. The number of rotatable bonds is 4. The number of benzene rings is 1. The first-order valence-corrected chi connectivity index (χ1v) is 6.57. The van der Waals surface area contributed by atoms with Crippen molar-refractivity contribution in [2.45, 2.75) is 6.92 Å². The fourth-order valence-corrected chi connectivity index (χ4v) is 2.56. The van der Waals surface area contributed by atoms with Gasteiger partial charge in [0, 0.05) is 13.2 Å². The van der Waals surface area contributed by atoms with Crippen molar-refractivity contribution in [2.24, 2.45) is 14.6 Å². The summed E-state index contributed by atoms with van der Waals surface area (Å²) in [4.78, 5) is 0. The molecule has 0 aliphatic carbocycles. The second-order valence-electron chi connectivity index (χ2n) is 3.85. The number of nitrogens with one attached hydrogen (secondary N) is 1. The Morgan fingerprint density at radius 3 is 2.76 bits per heavy atom. The summed E-state index contributed by atoms with van der Waals surface area (Å²) in [6.07, 6.45) is 0. The van der Waals surface area contributed by atoms with Gasteiger partial charge in [-0.3, -0.25) is 0 Å². The SMILES string of the molecule is CC(CO)CNc1c(Cl)cc(Cl)c2c1N=S=N2. The van der Waals surface area contributed by atoms with E-state index in [2.05, 4.69) is 14.0 Å². The highest BCUT2D eigenvalue weighted by molar-refractivity contribution is 7.58. The zero-order chi connectivity index (χ0) is 12.4. The van der Waals surface area contributed by atoms with Gasteiger partial charge in [-0.2, -0.15) is 8.73 Å². The fourth-order valence-electron chi connectivity index (χ4n) is 1.38. The number of fused-ring (bicyclic) bond motifs is 1. The lowest BCUT2D eigenvalue weighted by atomic mass is 10.2. The molecule has 0 bridgehead atoms.